The highest BCUT2D eigenvalue weighted by molar-refractivity contribution is 7.99. The van der Waals surface area contributed by atoms with Crippen LogP contribution in [0.3, 0.4) is 0 Å². The molecule has 116 valence electrons. The van der Waals surface area contributed by atoms with E-state index in [4.69, 9.17) is 5.11 Å². The van der Waals surface area contributed by atoms with Gasteiger partial charge in [0.15, 0.2) is 0 Å². The number of thioether (sulfide) groups is 1. The highest BCUT2D eigenvalue weighted by Crippen LogP contribution is 2.21. The van der Waals surface area contributed by atoms with Crippen LogP contribution in [0.4, 0.5) is 4.79 Å². The lowest BCUT2D eigenvalue weighted by Gasteiger charge is -2.25. The largest absolute Gasteiger partial charge is 0.481 e. The van der Waals surface area contributed by atoms with E-state index in [0.29, 0.717) is 18.5 Å². The summed E-state index contributed by atoms with van der Waals surface area (Å²) in [4.78, 5) is 24.7. The summed E-state index contributed by atoms with van der Waals surface area (Å²) in [5, 5.41) is 11.8. The van der Waals surface area contributed by atoms with Crippen molar-refractivity contribution in [3.05, 3.63) is 0 Å². The maximum Gasteiger partial charge on any atom is 0.317 e. The summed E-state index contributed by atoms with van der Waals surface area (Å²) in [5.74, 6) is 1.74. The predicted octanol–water partition coefficient (Wildman–Crippen LogP) is 2.27. The van der Waals surface area contributed by atoms with Gasteiger partial charge >= 0.3 is 12.0 Å². The van der Waals surface area contributed by atoms with Gasteiger partial charge in [-0.25, -0.2) is 4.79 Å². The lowest BCUT2D eigenvalue weighted by Crippen LogP contribution is -2.45. The number of nitrogens with one attached hydrogen (secondary N) is 1. The number of hydrogen-bond acceptors (Lipinski definition) is 3. The Bertz CT molecular complexity index is 330. The monoisotopic (exact) mass is 302 g/mol. The summed E-state index contributed by atoms with van der Waals surface area (Å²) < 4.78 is 0. The summed E-state index contributed by atoms with van der Waals surface area (Å²) in [6, 6.07) is 0.222. The minimum Gasteiger partial charge on any atom is -0.481 e. The molecule has 1 aliphatic heterocycles. The molecule has 0 saturated carbocycles. The van der Waals surface area contributed by atoms with E-state index in [1.807, 2.05) is 18.8 Å². The topological polar surface area (TPSA) is 69.6 Å². The molecule has 2 atom stereocenters. The summed E-state index contributed by atoms with van der Waals surface area (Å²) >= 11 is 1.87. The first-order valence-corrected chi connectivity index (χ1v) is 8.35. The Kier molecular flexibility index (Phi) is 7.19. The van der Waals surface area contributed by atoms with Crippen molar-refractivity contribution in [1.29, 1.82) is 0 Å². The summed E-state index contributed by atoms with van der Waals surface area (Å²) in [7, 11) is 1.82. The van der Waals surface area contributed by atoms with Crippen molar-refractivity contribution in [2.24, 2.45) is 11.8 Å². The van der Waals surface area contributed by atoms with E-state index in [1.54, 1.807) is 4.90 Å². The first-order chi connectivity index (χ1) is 9.40. The van der Waals surface area contributed by atoms with Gasteiger partial charge < -0.3 is 15.3 Å². The Hall–Kier alpha value is -0.910. The average molecular weight is 302 g/mol. The van der Waals surface area contributed by atoms with Crippen LogP contribution in [0.25, 0.3) is 0 Å². The van der Waals surface area contributed by atoms with Gasteiger partial charge in [0.1, 0.15) is 0 Å². The first-order valence-electron chi connectivity index (χ1n) is 7.20. The van der Waals surface area contributed by atoms with Crippen molar-refractivity contribution < 1.29 is 14.7 Å². The zero-order valence-corrected chi connectivity index (χ0v) is 13.4. The van der Waals surface area contributed by atoms with E-state index in [1.165, 1.54) is 0 Å². The molecule has 0 bridgehead atoms. The van der Waals surface area contributed by atoms with Crippen LogP contribution in [0.1, 0.15) is 33.1 Å². The van der Waals surface area contributed by atoms with Gasteiger partial charge in [-0.1, -0.05) is 13.8 Å². The Morgan fingerprint density at radius 3 is 2.65 bits per heavy atom. The van der Waals surface area contributed by atoms with Crippen LogP contribution < -0.4 is 5.32 Å². The van der Waals surface area contributed by atoms with E-state index in [9.17, 15) is 9.59 Å². The third-order valence-corrected chi connectivity index (χ3v) is 4.73. The number of carbonyl (C=O) groups is 2. The molecule has 0 spiro atoms. The molecule has 5 nitrogen and oxygen atoms in total. The number of carboxylic acids is 1. The smallest absolute Gasteiger partial charge is 0.317 e. The summed E-state index contributed by atoms with van der Waals surface area (Å²) in [5.41, 5.74) is 0. The standard InChI is InChI=1S/C14H26N2O3S/c1-10(2)6-11(7-13(17)18)8-15-14(19)16(3)12-4-5-20-9-12/h10-12H,4-9H2,1-3H3,(H,15,19)(H,17,18)/t11-,12?/m0/s1. The second-order valence-electron chi connectivity index (χ2n) is 5.91. The highest BCUT2D eigenvalue weighted by Gasteiger charge is 2.24. The number of rotatable bonds is 7. The van der Waals surface area contributed by atoms with E-state index < -0.39 is 5.97 Å². The Labute approximate surface area is 125 Å². The molecule has 1 fully saturated rings. The first kappa shape index (κ1) is 17.1. The van der Waals surface area contributed by atoms with Crippen molar-refractivity contribution >= 4 is 23.8 Å². The summed E-state index contributed by atoms with van der Waals surface area (Å²) in [6.07, 6.45) is 1.97. The third kappa shape index (κ3) is 6.03. The van der Waals surface area contributed by atoms with Crippen LogP contribution in [0, 0.1) is 11.8 Å². The predicted molar refractivity (Wildman–Crippen MR) is 82.1 cm³/mol. The average Bonchev–Trinajstić information content (AvgIpc) is 2.87. The van der Waals surface area contributed by atoms with Crippen LogP contribution in [-0.2, 0) is 4.79 Å². The maximum absolute atomic E-state index is 12.1. The van der Waals surface area contributed by atoms with Gasteiger partial charge in [-0.2, -0.15) is 11.8 Å². The molecule has 6 heteroatoms. The summed E-state index contributed by atoms with van der Waals surface area (Å²) in [6.45, 7) is 4.57. The molecule has 0 aromatic rings. The normalized spacial score (nSPS) is 19.9. The molecule has 1 rings (SSSR count). The van der Waals surface area contributed by atoms with Gasteiger partial charge in [0.25, 0.3) is 0 Å². The molecule has 0 aromatic carbocycles. The lowest BCUT2D eigenvalue weighted by molar-refractivity contribution is -0.138. The molecule has 2 amide bonds. The van der Waals surface area contributed by atoms with Crippen molar-refractivity contribution in [3.63, 3.8) is 0 Å². The van der Waals surface area contributed by atoms with Crippen LogP contribution in [0.2, 0.25) is 0 Å². The second kappa shape index (κ2) is 8.39. The molecule has 1 unspecified atom stereocenters. The molecule has 2 N–H and O–H groups in total. The minimum absolute atomic E-state index is 0.00260. The number of aliphatic carboxylic acids is 1. The van der Waals surface area contributed by atoms with Crippen LogP contribution in [0.5, 0.6) is 0 Å². The molecule has 0 radical (unpaired) electrons. The molecule has 1 heterocycles. The number of nitrogens with zero attached hydrogens (tertiary/aromatic N) is 1. The maximum atomic E-state index is 12.1. The quantitative estimate of drug-likeness (QED) is 0.757. The van der Waals surface area contributed by atoms with Crippen molar-refractivity contribution in [1.82, 2.24) is 10.2 Å². The lowest BCUT2D eigenvalue weighted by atomic mass is 9.94. The zero-order valence-electron chi connectivity index (χ0n) is 12.6. The molecule has 0 aromatic heterocycles. The van der Waals surface area contributed by atoms with Crippen LogP contribution >= 0.6 is 11.8 Å². The number of urea groups is 1. The van der Waals surface area contributed by atoms with Crippen molar-refractivity contribution in [2.45, 2.75) is 39.2 Å². The molecule has 0 aliphatic carbocycles. The SMILES string of the molecule is CC(C)C[C@H](CNC(=O)N(C)C1CCSC1)CC(=O)O. The van der Waals surface area contributed by atoms with E-state index in [2.05, 4.69) is 19.2 Å². The molecular formula is C14H26N2O3S. The van der Waals surface area contributed by atoms with Crippen molar-refractivity contribution in [3.8, 4) is 0 Å². The molecule has 1 aliphatic rings. The molecule has 20 heavy (non-hydrogen) atoms. The van der Waals surface area contributed by atoms with Crippen LogP contribution in [0.15, 0.2) is 0 Å². The van der Waals surface area contributed by atoms with Gasteiger partial charge in [-0.3, -0.25) is 4.79 Å². The van der Waals surface area contributed by atoms with E-state index in [-0.39, 0.29) is 18.4 Å². The molecular weight excluding hydrogens is 276 g/mol. The minimum atomic E-state index is -0.801. The Morgan fingerprint density at radius 1 is 1.45 bits per heavy atom. The van der Waals surface area contributed by atoms with Gasteiger partial charge in [0, 0.05) is 31.8 Å². The fourth-order valence-corrected chi connectivity index (χ4v) is 3.77. The van der Waals surface area contributed by atoms with Gasteiger partial charge in [-0.15, -0.1) is 0 Å². The van der Waals surface area contributed by atoms with Gasteiger partial charge in [-0.05, 0) is 30.4 Å². The molecule has 1 saturated heterocycles. The van der Waals surface area contributed by atoms with Gasteiger partial charge in [0.05, 0.1) is 0 Å². The second-order valence-corrected chi connectivity index (χ2v) is 7.06. The number of carboxylic acid groups (broad SMARTS) is 1. The van der Waals surface area contributed by atoms with Crippen molar-refractivity contribution in [2.75, 3.05) is 25.1 Å². The number of carbonyl (C=O) groups excluding carboxylic acids is 1. The Balaban J connectivity index is 2.40. The number of amides is 2. The van der Waals surface area contributed by atoms with E-state index >= 15 is 0 Å². The fourth-order valence-electron chi connectivity index (χ4n) is 2.50. The highest BCUT2D eigenvalue weighted by atomic mass is 32.2. The Morgan fingerprint density at radius 2 is 2.15 bits per heavy atom. The third-order valence-electron chi connectivity index (χ3n) is 3.58. The fraction of sp³-hybridized carbons (Fsp3) is 0.857. The van der Waals surface area contributed by atoms with E-state index in [0.717, 1.165) is 24.3 Å². The van der Waals surface area contributed by atoms with Gasteiger partial charge in [0.2, 0.25) is 0 Å². The zero-order chi connectivity index (χ0) is 15.1. The van der Waals surface area contributed by atoms with Crippen LogP contribution in [-0.4, -0.2) is 53.1 Å². The number of hydrogen-bond donors (Lipinski definition) is 2.